The van der Waals surface area contributed by atoms with Gasteiger partial charge in [-0.3, -0.25) is 0 Å². The largest absolute Gasteiger partial charge is 0.391 e. The Labute approximate surface area is 171 Å². The van der Waals surface area contributed by atoms with E-state index < -0.39 is 0 Å². The number of allylic oxidation sites excluding steroid dienone is 1. The van der Waals surface area contributed by atoms with Crippen LogP contribution >= 0.6 is 11.3 Å². The maximum absolute atomic E-state index is 3.56. The van der Waals surface area contributed by atoms with Crippen molar-refractivity contribution in [2.75, 3.05) is 31.8 Å². The third-order valence-corrected chi connectivity index (χ3v) is 6.70. The minimum atomic E-state index is 0.152. The monoisotopic (exact) mass is 390 g/mol. The Morgan fingerprint density at radius 1 is 0.964 bits per heavy atom. The quantitative estimate of drug-likeness (QED) is 0.530. The van der Waals surface area contributed by atoms with E-state index in [0.717, 1.165) is 12.1 Å². The van der Waals surface area contributed by atoms with Crippen molar-refractivity contribution in [3.8, 4) is 11.1 Å². The smallest absolute Gasteiger partial charge is 0.113 e. The third kappa shape index (κ3) is 2.96. The van der Waals surface area contributed by atoms with E-state index in [-0.39, 0.29) is 5.41 Å². The molecule has 1 heterocycles. The number of likely N-dealkylation sites (N-methyl/N-ethyl adjacent to an activating group) is 1. The van der Waals surface area contributed by atoms with Crippen LogP contribution < -0.4 is 16.0 Å². The summed E-state index contributed by atoms with van der Waals surface area (Å²) in [6.07, 6.45) is 4.45. The zero-order valence-electron chi connectivity index (χ0n) is 17.5. The lowest BCUT2D eigenvalue weighted by Gasteiger charge is -2.20. The van der Waals surface area contributed by atoms with E-state index in [2.05, 4.69) is 73.1 Å². The molecule has 0 unspecified atom stereocenters. The minimum absolute atomic E-state index is 0.152. The van der Waals surface area contributed by atoms with Crippen molar-refractivity contribution in [3.05, 3.63) is 58.8 Å². The van der Waals surface area contributed by atoms with Crippen molar-refractivity contribution in [1.29, 1.82) is 0 Å². The topological polar surface area (TPSA) is 36.1 Å². The summed E-state index contributed by atoms with van der Waals surface area (Å²) in [7, 11) is 5.97. The van der Waals surface area contributed by atoms with Crippen molar-refractivity contribution >= 4 is 32.1 Å². The lowest BCUT2D eigenvalue weighted by Crippen LogP contribution is -2.10. The average Bonchev–Trinajstić information content (AvgIpc) is 3.25. The summed E-state index contributed by atoms with van der Waals surface area (Å²) >= 11 is 1.80. The minimum Gasteiger partial charge on any atom is -0.391 e. The first kappa shape index (κ1) is 18.9. The molecule has 1 radical (unpaired) electrons. The lowest BCUT2D eigenvalue weighted by atomic mass is 9.85. The predicted octanol–water partition coefficient (Wildman–Crippen LogP) is 5.76. The van der Waals surface area contributed by atoms with Gasteiger partial charge in [-0.15, -0.1) is 11.3 Å². The standard InChI is InChI=1S/C24H28N3S/c1-24(2,3)16-9-7-14(8-10-16)20-18-13-17(25-4)11-15(18)12-19-21(20)22(26-5)23(27-6)28-19/h7-10,12,25-27H,13H2,1-6H3. The Morgan fingerprint density at radius 2 is 1.68 bits per heavy atom. The van der Waals surface area contributed by atoms with Gasteiger partial charge in [-0.2, -0.15) is 0 Å². The lowest BCUT2D eigenvalue weighted by molar-refractivity contribution is 0.590. The summed E-state index contributed by atoms with van der Waals surface area (Å²) in [5.74, 6) is 0. The molecule has 4 rings (SSSR count). The number of thiophene rings is 1. The normalized spacial score (nSPS) is 13.4. The second kappa shape index (κ2) is 6.85. The van der Waals surface area contributed by atoms with Crippen LogP contribution in [0.1, 0.15) is 37.5 Å². The van der Waals surface area contributed by atoms with Crippen molar-refractivity contribution in [1.82, 2.24) is 5.32 Å². The number of anilines is 2. The summed E-state index contributed by atoms with van der Waals surface area (Å²) in [5, 5.41) is 12.6. The fraction of sp³-hybridized carbons (Fsp3) is 0.333. The Balaban J connectivity index is 2.00. The van der Waals surface area contributed by atoms with Crippen molar-refractivity contribution in [2.24, 2.45) is 0 Å². The van der Waals surface area contributed by atoms with E-state index in [1.54, 1.807) is 11.3 Å². The Morgan fingerprint density at radius 3 is 2.25 bits per heavy atom. The van der Waals surface area contributed by atoms with Crippen LogP contribution in [0.2, 0.25) is 0 Å². The molecule has 3 nitrogen and oxygen atoms in total. The van der Waals surface area contributed by atoms with Crippen molar-refractivity contribution in [3.63, 3.8) is 0 Å². The van der Waals surface area contributed by atoms with E-state index >= 15 is 0 Å². The molecule has 0 saturated carbocycles. The molecule has 0 aliphatic heterocycles. The molecule has 0 saturated heterocycles. The molecule has 28 heavy (non-hydrogen) atoms. The van der Waals surface area contributed by atoms with E-state index in [0.29, 0.717) is 0 Å². The third-order valence-electron chi connectivity index (χ3n) is 5.55. The van der Waals surface area contributed by atoms with Gasteiger partial charge in [0.1, 0.15) is 5.00 Å². The van der Waals surface area contributed by atoms with Crippen LogP contribution in [0.4, 0.5) is 10.7 Å². The number of hydrogen-bond acceptors (Lipinski definition) is 4. The first-order valence-corrected chi connectivity index (χ1v) is 10.6. The van der Waals surface area contributed by atoms with Crippen LogP contribution in [0.5, 0.6) is 0 Å². The molecule has 0 fully saturated rings. The average molecular weight is 391 g/mol. The fourth-order valence-corrected chi connectivity index (χ4v) is 5.11. The van der Waals surface area contributed by atoms with E-state index in [1.165, 1.54) is 48.6 Å². The zero-order chi connectivity index (χ0) is 20.1. The van der Waals surface area contributed by atoms with Crippen LogP contribution in [-0.4, -0.2) is 21.1 Å². The molecule has 1 aliphatic carbocycles. The Kier molecular flexibility index (Phi) is 4.62. The van der Waals surface area contributed by atoms with Gasteiger partial charge in [0, 0.05) is 49.4 Å². The summed E-state index contributed by atoms with van der Waals surface area (Å²) in [5.41, 5.74) is 9.00. The number of hydrogen-bond donors (Lipinski definition) is 3. The van der Waals surface area contributed by atoms with Gasteiger partial charge in [-0.05, 0) is 39.3 Å². The Bertz CT molecular complexity index is 1070. The first-order valence-electron chi connectivity index (χ1n) is 9.76. The molecule has 0 bridgehead atoms. The first-order chi connectivity index (χ1) is 13.4. The molecule has 0 spiro atoms. The van der Waals surface area contributed by atoms with E-state index in [1.807, 2.05) is 21.1 Å². The van der Waals surface area contributed by atoms with Gasteiger partial charge < -0.3 is 16.0 Å². The highest BCUT2D eigenvalue weighted by Gasteiger charge is 2.24. The highest BCUT2D eigenvalue weighted by molar-refractivity contribution is 7.23. The molecule has 0 atom stereocenters. The molecule has 2 aromatic carbocycles. The van der Waals surface area contributed by atoms with E-state index in [9.17, 15) is 0 Å². The molecule has 0 amide bonds. The van der Waals surface area contributed by atoms with Gasteiger partial charge >= 0.3 is 0 Å². The van der Waals surface area contributed by atoms with Gasteiger partial charge in [-0.25, -0.2) is 0 Å². The molecular formula is C24H28N3S. The van der Waals surface area contributed by atoms with Crippen molar-refractivity contribution in [2.45, 2.75) is 32.6 Å². The highest BCUT2D eigenvalue weighted by atomic mass is 32.1. The maximum Gasteiger partial charge on any atom is 0.113 e. The molecule has 1 aromatic heterocycles. The summed E-state index contributed by atoms with van der Waals surface area (Å²) in [4.78, 5) is 0. The Hall–Kier alpha value is -2.46. The predicted molar refractivity (Wildman–Crippen MR) is 124 cm³/mol. The van der Waals surface area contributed by atoms with Gasteiger partial charge in [0.15, 0.2) is 0 Å². The van der Waals surface area contributed by atoms with Crippen molar-refractivity contribution < 1.29 is 0 Å². The number of fused-ring (bicyclic) bond motifs is 2. The number of benzene rings is 2. The van der Waals surface area contributed by atoms with Crippen LogP contribution in [0.25, 0.3) is 21.2 Å². The fourth-order valence-electron chi connectivity index (χ4n) is 4.00. The zero-order valence-corrected chi connectivity index (χ0v) is 18.3. The summed E-state index contributed by atoms with van der Waals surface area (Å²) in [6, 6.07) is 11.4. The molecular weight excluding hydrogens is 362 g/mol. The van der Waals surface area contributed by atoms with E-state index in [4.69, 9.17) is 0 Å². The second-order valence-corrected chi connectivity index (χ2v) is 9.37. The molecule has 145 valence electrons. The van der Waals surface area contributed by atoms with Gasteiger partial charge in [0.2, 0.25) is 0 Å². The summed E-state index contributed by atoms with van der Waals surface area (Å²) < 4.78 is 1.28. The second-order valence-electron chi connectivity index (χ2n) is 8.31. The van der Waals surface area contributed by atoms with Gasteiger partial charge in [0.05, 0.1) is 5.69 Å². The van der Waals surface area contributed by atoms with Crippen LogP contribution in [-0.2, 0) is 11.8 Å². The van der Waals surface area contributed by atoms with Crippen LogP contribution in [0.3, 0.4) is 0 Å². The molecule has 4 heteroatoms. The van der Waals surface area contributed by atoms with Crippen LogP contribution in [0, 0.1) is 6.08 Å². The SMILES string of the molecule is CNC1=[C]c2cc3sc(NC)c(NC)c3c(-c3ccc(C(C)(C)C)cc3)c2C1. The molecule has 3 aromatic rings. The van der Waals surface area contributed by atoms with Crippen LogP contribution in [0.15, 0.2) is 36.0 Å². The maximum atomic E-state index is 3.56. The molecule has 3 N–H and O–H groups in total. The number of rotatable bonds is 4. The molecule has 1 aliphatic rings. The number of nitrogens with one attached hydrogen (secondary N) is 3. The van der Waals surface area contributed by atoms with Gasteiger partial charge in [0.25, 0.3) is 0 Å². The van der Waals surface area contributed by atoms with Gasteiger partial charge in [-0.1, -0.05) is 45.0 Å². The summed E-state index contributed by atoms with van der Waals surface area (Å²) in [6.45, 7) is 6.78. The highest BCUT2D eigenvalue weighted by Crippen LogP contribution is 2.48.